The van der Waals surface area contributed by atoms with Crippen LogP contribution in [-0.4, -0.2) is 27.3 Å². The zero-order valence-electron chi connectivity index (χ0n) is 10.5. The largest absolute Gasteiger partial charge is 0.334 e. The Morgan fingerprint density at radius 2 is 2.35 bits per heavy atom. The smallest absolute Gasteiger partial charge is 0.222 e. The topological polar surface area (TPSA) is 46.1 Å². The Bertz CT molecular complexity index is 405. The zero-order valence-corrected chi connectivity index (χ0v) is 10.5. The van der Waals surface area contributed by atoms with E-state index in [0.29, 0.717) is 6.42 Å². The van der Waals surface area contributed by atoms with E-state index >= 15 is 0 Å². The van der Waals surface area contributed by atoms with Gasteiger partial charge in [0, 0.05) is 19.2 Å². The van der Waals surface area contributed by atoms with E-state index in [1.165, 1.54) is 6.42 Å². The summed E-state index contributed by atoms with van der Waals surface area (Å²) in [6.07, 6.45) is 5.64. The number of likely N-dealkylation sites (tertiary alicyclic amines) is 1. The first-order valence-electron chi connectivity index (χ1n) is 6.31. The molecule has 0 bridgehead atoms. The van der Waals surface area contributed by atoms with E-state index in [0.717, 1.165) is 30.9 Å². The molecule has 2 heterocycles. The normalized spacial score (nSPS) is 20.4. The molecule has 0 aliphatic carbocycles. The van der Waals surface area contributed by atoms with Crippen molar-refractivity contribution in [1.29, 1.82) is 0 Å². The van der Waals surface area contributed by atoms with Gasteiger partial charge in [-0.05, 0) is 32.3 Å². The van der Waals surface area contributed by atoms with Gasteiger partial charge in [0.25, 0.3) is 0 Å². The zero-order chi connectivity index (χ0) is 12.3. The molecule has 17 heavy (non-hydrogen) atoms. The number of aromatic nitrogens is 2. The standard InChI is InChI=1S/C13H19N3O/c1-3-13(17)16-9-5-4-6-12(16)11-7-8-14-10(2)15-11/h7-8,12H,3-6,9H2,1-2H3. The van der Waals surface area contributed by atoms with Crippen LogP contribution in [0.25, 0.3) is 0 Å². The molecule has 0 N–H and O–H groups in total. The number of hydrogen-bond donors (Lipinski definition) is 0. The fourth-order valence-electron chi connectivity index (χ4n) is 2.40. The highest BCUT2D eigenvalue weighted by atomic mass is 16.2. The van der Waals surface area contributed by atoms with Crippen LogP contribution in [0.1, 0.15) is 50.2 Å². The highest BCUT2D eigenvalue weighted by Gasteiger charge is 2.27. The van der Waals surface area contributed by atoms with Crippen LogP contribution >= 0.6 is 0 Å². The van der Waals surface area contributed by atoms with Gasteiger partial charge in [0.05, 0.1) is 11.7 Å². The van der Waals surface area contributed by atoms with Crippen LogP contribution in [0.4, 0.5) is 0 Å². The van der Waals surface area contributed by atoms with Crippen LogP contribution in [0.5, 0.6) is 0 Å². The Hall–Kier alpha value is -1.45. The molecular weight excluding hydrogens is 214 g/mol. The molecule has 1 saturated heterocycles. The Morgan fingerprint density at radius 1 is 1.53 bits per heavy atom. The number of carbonyl (C=O) groups is 1. The number of rotatable bonds is 2. The van der Waals surface area contributed by atoms with Gasteiger partial charge in [-0.25, -0.2) is 9.97 Å². The van der Waals surface area contributed by atoms with E-state index in [-0.39, 0.29) is 11.9 Å². The van der Waals surface area contributed by atoms with Gasteiger partial charge in [-0.3, -0.25) is 4.79 Å². The summed E-state index contributed by atoms with van der Waals surface area (Å²) in [5, 5.41) is 0. The predicted molar refractivity (Wildman–Crippen MR) is 65.4 cm³/mol. The van der Waals surface area contributed by atoms with Gasteiger partial charge in [-0.2, -0.15) is 0 Å². The minimum atomic E-state index is 0.151. The van der Waals surface area contributed by atoms with Crippen molar-refractivity contribution in [2.75, 3.05) is 6.54 Å². The van der Waals surface area contributed by atoms with Gasteiger partial charge >= 0.3 is 0 Å². The second-order valence-corrected chi connectivity index (χ2v) is 4.48. The molecule has 4 nitrogen and oxygen atoms in total. The van der Waals surface area contributed by atoms with Crippen LogP contribution in [0.3, 0.4) is 0 Å². The quantitative estimate of drug-likeness (QED) is 0.787. The molecule has 0 spiro atoms. The molecule has 0 radical (unpaired) electrons. The molecule has 0 aromatic carbocycles. The molecule has 1 atom stereocenters. The van der Waals surface area contributed by atoms with E-state index < -0.39 is 0 Å². The predicted octanol–water partition coefficient (Wildman–Crippen LogP) is 2.25. The highest BCUT2D eigenvalue weighted by Crippen LogP contribution is 2.29. The molecule has 1 unspecified atom stereocenters. The average molecular weight is 233 g/mol. The minimum Gasteiger partial charge on any atom is -0.334 e. The number of amides is 1. The molecule has 1 aliphatic heterocycles. The third-order valence-electron chi connectivity index (χ3n) is 3.26. The molecule has 1 fully saturated rings. The summed E-state index contributed by atoms with van der Waals surface area (Å²) in [6.45, 7) is 4.66. The maximum absolute atomic E-state index is 11.9. The molecule has 2 rings (SSSR count). The Kier molecular flexibility index (Phi) is 3.71. The Labute approximate surface area is 102 Å². The van der Waals surface area contributed by atoms with Crippen LogP contribution < -0.4 is 0 Å². The van der Waals surface area contributed by atoms with Crippen molar-refractivity contribution in [3.05, 3.63) is 23.8 Å². The maximum Gasteiger partial charge on any atom is 0.222 e. The van der Waals surface area contributed by atoms with Crippen molar-refractivity contribution in [3.8, 4) is 0 Å². The van der Waals surface area contributed by atoms with Crippen LogP contribution in [-0.2, 0) is 4.79 Å². The summed E-state index contributed by atoms with van der Waals surface area (Å²) in [4.78, 5) is 22.5. The van der Waals surface area contributed by atoms with E-state index in [9.17, 15) is 4.79 Å². The fraction of sp³-hybridized carbons (Fsp3) is 0.615. The lowest BCUT2D eigenvalue weighted by atomic mass is 9.98. The molecule has 0 saturated carbocycles. The fourth-order valence-corrected chi connectivity index (χ4v) is 2.40. The molecule has 1 amide bonds. The van der Waals surface area contributed by atoms with Crippen molar-refractivity contribution >= 4 is 5.91 Å². The molecular formula is C13H19N3O. The maximum atomic E-state index is 11.9. The van der Waals surface area contributed by atoms with Crippen LogP contribution in [0.2, 0.25) is 0 Å². The Balaban J connectivity index is 2.24. The monoisotopic (exact) mass is 233 g/mol. The van der Waals surface area contributed by atoms with Crippen LogP contribution in [0.15, 0.2) is 12.3 Å². The first kappa shape index (κ1) is 12.0. The lowest BCUT2D eigenvalue weighted by molar-refractivity contribution is -0.134. The summed E-state index contributed by atoms with van der Waals surface area (Å²) in [7, 11) is 0. The minimum absolute atomic E-state index is 0.151. The van der Waals surface area contributed by atoms with E-state index in [1.54, 1.807) is 6.20 Å². The average Bonchev–Trinajstić information content (AvgIpc) is 2.38. The first-order chi connectivity index (χ1) is 8.22. The molecule has 92 valence electrons. The van der Waals surface area contributed by atoms with Gasteiger partial charge in [0.15, 0.2) is 0 Å². The van der Waals surface area contributed by atoms with Crippen molar-refractivity contribution in [1.82, 2.24) is 14.9 Å². The highest BCUT2D eigenvalue weighted by molar-refractivity contribution is 5.76. The van der Waals surface area contributed by atoms with Gasteiger partial charge in [-0.1, -0.05) is 6.92 Å². The van der Waals surface area contributed by atoms with Gasteiger partial charge in [0.2, 0.25) is 5.91 Å². The van der Waals surface area contributed by atoms with Crippen molar-refractivity contribution < 1.29 is 4.79 Å². The summed E-state index contributed by atoms with van der Waals surface area (Å²) in [5.74, 6) is 1.00. The van der Waals surface area contributed by atoms with Crippen molar-refractivity contribution in [2.24, 2.45) is 0 Å². The van der Waals surface area contributed by atoms with Gasteiger partial charge in [0.1, 0.15) is 5.82 Å². The summed E-state index contributed by atoms with van der Waals surface area (Å²) >= 11 is 0. The van der Waals surface area contributed by atoms with E-state index in [4.69, 9.17) is 0 Å². The van der Waals surface area contributed by atoms with Gasteiger partial charge < -0.3 is 4.90 Å². The summed E-state index contributed by atoms with van der Waals surface area (Å²) in [5.41, 5.74) is 0.985. The molecule has 1 aromatic heterocycles. The summed E-state index contributed by atoms with van der Waals surface area (Å²) < 4.78 is 0. The molecule has 1 aromatic rings. The second-order valence-electron chi connectivity index (χ2n) is 4.48. The number of piperidine rings is 1. The van der Waals surface area contributed by atoms with Crippen LogP contribution in [0, 0.1) is 6.92 Å². The Morgan fingerprint density at radius 3 is 3.06 bits per heavy atom. The number of aryl methyl sites for hydroxylation is 1. The van der Waals surface area contributed by atoms with Crippen molar-refractivity contribution in [3.63, 3.8) is 0 Å². The molecule has 4 heteroatoms. The van der Waals surface area contributed by atoms with Gasteiger partial charge in [-0.15, -0.1) is 0 Å². The lowest BCUT2D eigenvalue weighted by Crippen LogP contribution is -2.38. The number of carbonyl (C=O) groups excluding carboxylic acids is 1. The van der Waals surface area contributed by atoms with Crippen molar-refractivity contribution in [2.45, 2.75) is 45.6 Å². The number of nitrogens with zero attached hydrogens (tertiary/aromatic N) is 3. The van der Waals surface area contributed by atoms with E-state index in [2.05, 4.69) is 9.97 Å². The second kappa shape index (κ2) is 5.25. The summed E-state index contributed by atoms with van der Waals surface area (Å²) in [6, 6.07) is 2.08. The SMILES string of the molecule is CCC(=O)N1CCCCC1c1ccnc(C)n1. The number of hydrogen-bond acceptors (Lipinski definition) is 3. The third kappa shape index (κ3) is 2.62. The third-order valence-corrected chi connectivity index (χ3v) is 3.26. The molecule has 1 aliphatic rings. The van der Waals surface area contributed by atoms with E-state index in [1.807, 2.05) is 24.8 Å². The lowest BCUT2D eigenvalue weighted by Gasteiger charge is -2.35. The first-order valence-corrected chi connectivity index (χ1v) is 6.31.